The van der Waals surface area contributed by atoms with Crippen LogP contribution >= 0.6 is 43.2 Å². The molecule has 200 valence electrons. The molecule has 0 bridgehead atoms. The highest BCUT2D eigenvalue weighted by Gasteiger charge is 2.34. The molecule has 0 amide bonds. The van der Waals surface area contributed by atoms with E-state index in [9.17, 15) is 9.59 Å². The number of hydrogen-bond acceptors (Lipinski definition) is 8. The first kappa shape index (κ1) is 28.1. The van der Waals surface area contributed by atoms with Gasteiger partial charge in [-0.15, -0.1) is 0 Å². The number of hydrogen-bond donors (Lipinski definition) is 0. The van der Waals surface area contributed by atoms with Gasteiger partial charge in [-0.3, -0.25) is 9.36 Å². The monoisotopic (exact) mass is 664 g/mol. The highest BCUT2D eigenvalue weighted by molar-refractivity contribution is 9.11. The van der Waals surface area contributed by atoms with E-state index in [0.29, 0.717) is 55.6 Å². The highest BCUT2D eigenvalue weighted by atomic mass is 79.9. The van der Waals surface area contributed by atoms with Crippen LogP contribution in [0, 0.1) is 0 Å². The summed E-state index contributed by atoms with van der Waals surface area (Å²) in [6, 6.07) is 8.33. The van der Waals surface area contributed by atoms with Crippen LogP contribution in [0.2, 0.25) is 0 Å². The normalized spacial score (nSPS) is 15.1. The van der Waals surface area contributed by atoms with E-state index < -0.39 is 12.0 Å². The zero-order valence-corrected chi connectivity index (χ0v) is 25.5. The smallest absolute Gasteiger partial charge is 0.338 e. The van der Waals surface area contributed by atoms with Crippen molar-refractivity contribution in [1.29, 1.82) is 0 Å². The summed E-state index contributed by atoms with van der Waals surface area (Å²) in [5.74, 6) is 1.12. The van der Waals surface area contributed by atoms with Gasteiger partial charge in [0.25, 0.3) is 5.56 Å². The first-order valence-electron chi connectivity index (χ1n) is 11.8. The molecule has 0 N–H and O–H groups in total. The summed E-state index contributed by atoms with van der Waals surface area (Å²) >= 11 is 8.25. The molecule has 38 heavy (non-hydrogen) atoms. The van der Waals surface area contributed by atoms with Gasteiger partial charge in [-0.05, 0) is 72.6 Å². The number of nitrogens with zero attached hydrogens (tertiary/aromatic N) is 2. The summed E-state index contributed by atoms with van der Waals surface area (Å²) in [6.45, 7) is 5.97. The summed E-state index contributed by atoms with van der Waals surface area (Å²) < 4.78 is 25.7. The Morgan fingerprint density at radius 1 is 1.11 bits per heavy atom. The largest absolute Gasteiger partial charge is 0.495 e. The van der Waals surface area contributed by atoms with Crippen LogP contribution in [0.25, 0.3) is 6.08 Å². The van der Waals surface area contributed by atoms with Gasteiger partial charge in [0, 0.05) is 10.0 Å². The maximum atomic E-state index is 13.9. The number of rotatable bonds is 8. The van der Waals surface area contributed by atoms with E-state index in [1.54, 1.807) is 46.3 Å². The predicted molar refractivity (Wildman–Crippen MR) is 153 cm³/mol. The lowest BCUT2D eigenvalue weighted by Gasteiger charge is -2.25. The average Bonchev–Trinajstić information content (AvgIpc) is 3.17. The van der Waals surface area contributed by atoms with E-state index in [4.69, 9.17) is 18.9 Å². The number of halogens is 2. The minimum atomic E-state index is -0.770. The third kappa shape index (κ3) is 5.32. The van der Waals surface area contributed by atoms with Crippen molar-refractivity contribution in [2.75, 3.05) is 27.4 Å². The fourth-order valence-corrected chi connectivity index (χ4v) is 6.74. The number of benzene rings is 2. The SMILES string of the molecule is CCOC(=O)C1=C(C)N=c2s/c(=C\c3cc(Br)cc(Br)c3OC)c(=O)n2[C@H]1c1ccc(OC)c(OCC)c1. The van der Waals surface area contributed by atoms with Crippen LogP contribution in [0.1, 0.15) is 37.9 Å². The summed E-state index contributed by atoms with van der Waals surface area (Å²) in [5, 5.41) is 0. The molecule has 4 rings (SSSR count). The summed E-state index contributed by atoms with van der Waals surface area (Å²) in [6.07, 6.45) is 1.76. The van der Waals surface area contributed by atoms with Gasteiger partial charge in [0.15, 0.2) is 16.3 Å². The van der Waals surface area contributed by atoms with Gasteiger partial charge in [-0.2, -0.15) is 0 Å². The zero-order valence-electron chi connectivity index (χ0n) is 21.5. The second-order valence-corrected chi connectivity index (χ2v) is 10.9. The Labute approximate surface area is 240 Å². The molecular formula is C27H26Br2N2O6S. The number of methoxy groups -OCH3 is 2. The minimum Gasteiger partial charge on any atom is -0.495 e. The van der Waals surface area contributed by atoms with Crippen LogP contribution in [-0.4, -0.2) is 38.0 Å². The molecule has 3 aromatic rings. The maximum Gasteiger partial charge on any atom is 0.338 e. The van der Waals surface area contributed by atoms with Crippen LogP contribution in [0.15, 0.2) is 60.3 Å². The summed E-state index contributed by atoms with van der Waals surface area (Å²) in [7, 11) is 3.13. The molecule has 0 saturated carbocycles. The number of aromatic nitrogens is 1. The van der Waals surface area contributed by atoms with E-state index in [0.717, 1.165) is 8.95 Å². The number of esters is 1. The number of carbonyl (C=O) groups excluding carboxylic acids is 1. The molecule has 1 aliphatic rings. The van der Waals surface area contributed by atoms with Gasteiger partial charge < -0.3 is 18.9 Å². The Hall–Kier alpha value is -2.89. The van der Waals surface area contributed by atoms with Crippen LogP contribution < -0.4 is 29.1 Å². The van der Waals surface area contributed by atoms with Gasteiger partial charge in [-0.1, -0.05) is 33.3 Å². The van der Waals surface area contributed by atoms with E-state index in [1.165, 1.54) is 15.9 Å². The first-order valence-corrected chi connectivity index (χ1v) is 14.2. The Kier molecular flexibility index (Phi) is 8.79. The van der Waals surface area contributed by atoms with Crippen LogP contribution in [-0.2, 0) is 9.53 Å². The molecule has 0 saturated heterocycles. The van der Waals surface area contributed by atoms with Crippen molar-refractivity contribution >= 4 is 55.2 Å². The van der Waals surface area contributed by atoms with Crippen molar-refractivity contribution in [3.63, 3.8) is 0 Å². The number of allylic oxidation sites excluding steroid dienone is 1. The standard InChI is InChI=1S/C27H26Br2N2O6S/c1-6-36-20-11-15(8-9-19(20)34-4)23-22(26(33)37-7-2)14(3)30-27-31(23)25(32)21(38-27)12-16-10-17(28)13-18(29)24(16)35-5/h8-13,23H,6-7H2,1-5H3/b21-12-/t23-/m0/s1. The third-order valence-corrected chi connectivity index (χ3v) is 7.88. The predicted octanol–water partition coefficient (Wildman–Crippen LogP) is 4.74. The molecule has 1 aliphatic heterocycles. The minimum absolute atomic E-state index is 0.192. The zero-order chi connectivity index (χ0) is 27.6. The lowest BCUT2D eigenvalue weighted by Crippen LogP contribution is -2.40. The van der Waals surface area contributed by atoms with Crippen molar-refractivity contribution in [1.82, 2.24) is 4.57 Å². The molecular weight excluding hydrogens is 640 g/mol. The van der Waals surface area contributed by atoms with Crippen LogP contribution in [0.5, 0.6) is 17.2 Å². The van der Waals surface area contributed by atoms with E-state index in [1.807, 2.05) is 25.1 Å². The average molecular weight is 666 g/mol. The van der Waals surface area contributed by atoms with Gasteiger partial charge in [0.05, 0.1) is 53.8 Å². The molecule has 0 fully saturated rings. The Morgan fingerprint density at radius 3 is 2.53 bits per heavy atom. The molecule has 2 aromatic carbocycles. The fourth-order valence-electron chi connectivity index (χ4n) is 4.28. The molecule has 0 aliphatic carbocycles. The maximum absolute atomic E-state index is 13.9. The van der Waals surface area contributed by atoms with Crippen molar-refractivity contribution < 1.29 is 23.7 Å². The molecule has 1 atom stereocenters. The van der Waals surface area contributed by atoms with Crippen LogP contribution in [0.4, 0.5) is 0 Å². The summed E-state index contributed by atoms with van der Waals surface area (Å²) in [5.41, 5.74) is 1.86. The number of carbonyl (C=O) groups is 1. The highest BCUT2D eigenvalue weighted by Crippen LogP contribution is 2.36. The van der Waals surface area contributed by atoms with Crippen molar-refractivity contribution in [3.8, 4) is 17.2 Å². The third-order valence-electron chi connectivity index (χ3n) is 5.85. The first-order chi connectivity index (χ1) is 18.2. The van der Waals surface area contributed by atoms with E-state index >= 15 is 0 Å². The molecule has 0 unspecified atom stereocenters. The lowest BCUT2D eigenvalue weighted by molar-refractivity contribution is -0.139. The van der Waals surface area contributed by atoms with Crippen molar-refractivity contribution in [2.24, 2.45) is 4.99 Å². The number of thiazole rings is 1. The van der Waals surface area contributed by atoms with Gasteiger partial charge in [0.1, 0.15) is 5.75 Å². The topological polar surface area (TPSA) is 88.4 Å². The lowest BCUT2D eigenvalue weighted by atomic mass is 9.95. The van der Waals surface area contributed by atoms with E-state index in [2.05, 4.69) is 36.9 Å². The molecule has 11 heteroatoms. The molecule has 0 spiro atoms. The van der Waals surface area contributed by atoms with Crippen LogP contribution in [0.3, 0.4) is 0 Å². The van der Waals surface area contributed by atoms with Gasteiger partial charge in [0.2, 0.25) is 0 Å². The molecule has 0 radical (unpaired) electrons. The second kappa shape index (κ2) is 11.9. The Bertz CT molecular complexity index is 1610. The van der Waals surface area contributed by atoms with E-state index in [-0.39, 0.29) is 12.2 Å². The number of fused-ring (bicyclic) bond motifs is 1. The molecule has 8 nitrogen and oxygen atoms in total. The summed E-state index contributed by atoms with van der Waals surface area (Å²) in [4.78, 5) is 32.2. The number of ether oxygens (including phenoxy) is 4. The Balaban J connectivity index is 2.00. The quantitative estimate of drug-likeness (QED) is 0.323. The van der Waals surface area contributed by atoms with Gasteiger partial charge >= 0.3 is 5.97 Å². The Morgan fingerprint density at radius 2 is 1.87 bits per heavy atom. The van der Waals surface area contributed by atoms with Crippen molar-refractivity contribution in [3.05, 3.63) is 81.4 Å². The molecule has 1 aromatic heterocycles. The molecule has 2 heterocycles. The fraction of sp³-hybridized carbons (Fsp3) is 0.296. The second-order valence-electron chi connectivity index (χ2n) is 8.16. The van der Waals surface area contributed by atoms with Crippen molar-refractivity contribution in [2.45, 2.75) is 26.8 Å². The van der Waals surface area contributed by atoms with Gasteiger partial charge in [-0.25, -0.2) is 9.79 Å².